The number of benzene rings is 1. The van der Waals surface area contributed by atoms with Crippen molar-refractivity contribution in [3.05, 3.63) is 48.3 Å². The Morgan fingerprint density at radius 1 is 1.30 bits per heavy atom. The highest BCUT2D eigenvalue weighted by atomic mass is 16.5. The van der Waals surface area contributed by atoms with Crippen LogP contribution in [0.2, 0.25) is 0 Å². The fraction of sp³-hybridized carbons (Fsp3) is 0.0625. The van der Waals surface area contributed by atoms with E-state index in [0.29, 0.717) is 22.7 Å². The molecule has 4 rings (SSSR count). The highest BCUT2D eigenvalue weighted by Gasteiger charge is 2.13. The van der Waals surface area contributed by atoms with Crippen LogP contribution in [0.1, 0.15) is 10.4 Å². The number of hydrogen-bond donors (Lipinski definition) is 2. The van der Waals surface area contributed by atoms with E-state index < -0.39 is 5.97 Å². The van der Waals surface area contributed by atoms with E-state index in [2.05, 4.69) is 15.1 Å². The van der Waals surface area contributed by atoms with Gasteiger partial charge in [0.15, 0.2) is 5.88 Å². The van der Waals surface area contributed by atoms with Gasteiger partial charge in [0.2, 0.25) is 0 Å². The van der Waals surface area contributed by atoms with Crippen LogP contribution < -0.4 is 4.74 Å². The van der Waals surface area contributed by atoms with Crippen molar-refractivity contribution in [2.24, 2.45) is 7.05 Å². The second-order valence-corrected chi connectivity index (χ2v) is 5.15. The molecule has 0 unspecified atom stereocenters. The number of nitrogens with one attached hydrogen (secondary N) is 1. The molecule has 23 heavy (non-hydrogen) atoms. The molecule has 0 fully saturated rings. The van der Waals surface area contributed by atoms with E-state index in [4.69, 9.17) is 4.74 Å². The summed E-state index contributed by atoms with van der Waals surface area (Å²) in [5.74, 6) is 0.0503. The molecule has 2 N–H and O–H groups in total. The molecule has 0 aliphatic carbocycles. The van der Waals surface area contributed by atoms with Crippen LogP contribution in [0.4, 0.5) is 0 Å². The number of nitrogens with zero attached hydrogens (tertiary/aromatic N) is 3. The summed E-state index contributed by atoms with van der Waals surface area (Å²) in [4.78, 5) is 18.4. The SMILES string of the molecule is Cn1ncc2ccc(Oc3cc4nccc(C(=O)O)c4[nH]3)cc21. The predicted octanol–water partition coefficient (Wildman–Crippen LogP) is 2.94. The quantitative estimate of drug-likeness (QED) is 0.607. The van der Waals surface area contributed by atoms with Gasteiger partial charge in [0.05, 0.1) is 28.3 Å². The smallest absolute Gasteiger partial charge is 0.337 e. The van der Waals surface area contributed by atoms with Crippen LogP contribution in [0.3, 0.4) is 0 Å². The number of rotatable bonds is 3. The van der Waals surface area contributed by atoms with Gasteiger partial charge in [-0.1, -0.05) is 0 Å². The molecule has 3 aromatic heterocycles. The summed E-state index contributed by atoms with van der Waals surface area (Å²) in [6, 6.07) is 8.75. The van der Waals surface area contributed by atoms with E-state index in [1.54, 1.807) is 16.9 Å². The second-order valence-electron chi connectivity index (χ2n) is 5.15. The lowest BCUT2D eigenvalue weighted by molar-refractivity contribution is 0.0699. The van der Waals surface area contributed by atoms with Crippen LogP contribution >= 0.6 is 0 Å². The summed E-state index contributed by atoms with van der Waals surface area (Å²) in [6.45, 7) is 0. The minimum atomic E-state index is -1.01. The van der Waals surface area contributed by atoms with E-state index in [1.165, 1.54) is 12.3 Å². The summed E-state index contributed by atoms with van der Waals surface area (Å²) >= 11 is 0. The molecule has 7 heteroatoms. The van der Waals surface area contributed by atoms with E-state index in [0.717, 1.165) is 10.9 Å². The maximum atomic E-state index is 11.2. The van der Waals surface area contributed by atoms with Crippen molar-refractivity contribution in [1.29, 1.82) is 0 Å². The maximum absolute atomic E-state index is 11.2. The van der Waals surface area contributed by atoms with E-state index >= 15 is 0 Å². The van der Waals surface area contributed by atoms with Crippen molar-refractivity contribution < 1.29 is 14.6 Å². The second kappa shape index (κ2) is 4.84. The first-order valence-corrected chi connectivity index (χ1v) is 6.92. The molecule has 0 saturated carbocycles. The van der Waals surface area contributed by atoms with Gasteiger partial charge < -0.3 is 14.8 Å². The first kappa shape index (κ1) is 13.3. The number of carboxylic acids is 1. The predicted molar refractivity (Wildman–Crippen MR) is 83.8 cm³/mol. The fourth-order valence-electron chi connectivity index (χ4n) is 2.55. The Morgan fingerprint density at radius 3 is 3.00 bits per heavy atom. The first-order chi connectivity index (χ1) is 11.1. The zero-order valence-corrected chi connectivity index (χ0v) is 12.1. The van der Waals surface area contributed by atoms with Gasteiger partial charge in [-0.15, -0.1) is 0 Å². The van der Waals surface area contributed by atoms with Gasteiger partial charge in [-0.3, -0.25) is 9.67 Å². The summed E-state index contributed by atoms with van der Waals surface area (Å²) in [5.41, 5.74) is 2.09. The highest BCUT2D eigenvalue weighted by Crippen LogP contribution is 2.28. The number of aromatic carboxylic acids is 1. The molecule has 0 aliphatic heterocycles. The van der Waals surface area contributed by atoms with Crippen LogP contribution in [0, 0.1) is 0 Å². The Bertz CT molecular complexity index is 1050. The minimum Gasteiger partial charge on any atom is -0.478 e. The van der Waals surface area contributed by atoms with Crippen molar-refractivity contribution in [2.75, 3.05) is 0 Å². The molecule has 4 aromatic rings. The van der Waals surface area contributed by atoms with Gasteiger partial charge in [-0.2, -0.15) is 5.10 Å². The third kappa shape index (κ3) is 2.18. The lowest BCUT2D eigenvalue weighted by Gasteiger charge is -2.03. The van der Waals surface area contributed by atoms with Gasteiger partial charge in [-0.05, 0) is 18.2 Å². The molecule has 1 aromatic carbocycles. The number of pyridine rings is 1. The van der Waals surface area contributed by atoms with Gasteiger partial charge >= 0.3 is 5.97 Å². The molecule has 3 heterocycles. The molecule has 0 bridgehead atoms. The normalized spacial score (nSPS) is 11.2. The summed E-state index contributed by atoms with van der Waals surface area (Å²) in [7, 11) is 1.86. The lowest BCUT2D eigenvalue weighted by Crippen LogP contribution is -1.97. The molecular weight excluding hydrogens is 296 g/mol. The third-order valence-corrected chi connectivity index (χ3v) is 3.68. The Balaban J connectivity index is 1.75. The number of hydrogen-bond acceptors (Lipinski definition) is 4. The van der Waals surface area contributed by atoms with Crippen LogP contribution in [0.15, 0.2) is 42.7 Å². The topological polar surface area (TPSA) is 93.0 Å². The number of carboxylic acid groups (broad SMARTS) is 1. The maximum Gasteiger partial charge on any atom is 0.337 e. The Labute approximate surface area is 130 Å². The van der Waals surface area contributed by atoms with Crippen LogP contribution in [-0.2, 0) is 7.05 Å². The molecule has 7 nitrogen and oxygen atoms in total. The molecule has 0 saturated heterocycles. The van der Waals surface area contributed by atoms with Gasteiger partial charge in [0.25, 0.3) is 0 Å². The Kier molecular flexibility index (Phi) is 2.80. The zero-order chi connectivity index (χ0) is 16.0. The van der Waals surface area contributed by atoms with Crippen LogP contribution in [-0.4, -0.2) is 30.8 Å². The number of aromatic nitrogens is 4. The average Bonchev–Trinajstić information content (AvgIpc) is 3.10. The Morgan fingerprint density at radius 2 is 2.17 bits per heavy atom. The monoisotopic (exact) mass is 308 g/mol. The van der Waals surface area contributed by atoms with Crippen molar-refractivity contribution in [1.82, 2.24) is 19.7 Å². The van der Waals surface area contributed by atoms with Crippen LogP contribution in [0.25, 0.3) is 21.9 Å². The van der Waals surface area contributed by atoms with E-state index in [-0.39, 0.29) is 5.56 Å². The molecule has 0 aliphatic rings. The average molecular weight is 308 g/mol. The lowest BCUT2D eigenvalue weighted by atomic mass is 10.2. The molecular formula is C16H12N4O3. The third-order valence-electron chi connectivity index (χ3n) is 3.68. The largest absolute Gasteiger partial charge is 0.478 e. The summed E-state index contributed by atoms with van der Waals surface area (Å²) < 4.78 is 7.56. The molecule has 0 amide bonds. The fourth-order valence-corrected chi connectivity index (χ4v) is 2.55. The number of ether oxygens (including phenoxy) is 1. The van der Waals surface area contributed by atoms with Gasteiger partial charge in [0, 0.05) is 30.8 Å². The van der Waals surface area contributed by atoms with Crippen molar-refractivity contribution in [3.63, 3.8) is 0 Å². The van der Waals surface area contributed by atoms with E-state index in [1.807, 2.05) is 25.2 Å². The summed E-state index contributed by atoms with van der Waals surface area (Å²) in [5, 5.41) is 14.4. The Hall–Kier alpha value is -3.35. The summed E-state index contributed by atoms with van der Waals surface area (Å²) in [6.07, 6.45) is 3.25. The molecule has 114 valence electrons. The first-order valence-electron chi connectivity index (χ1n) is 6.92. The molecule has 0 spiro atoms. The number of aryl methyl sites for hydroxylation is 1. The van der Waals surface area contributed by atoms with Gasteiger partial charge in [0.1, 0.15) is 5.75 Å². The van der Waals surface area contributed by atoms with Crippen molar-refractivity contribution in [3.8, 4) is 11.6 Å². The number of aromatic amines is 1. The van der Waals surface area contributed by atoms with Crippen molar-refractivity contribution >= 4 is 27.9 Å². The van der Waals surface area contributed by atoms with Crippen molar-refractivity contribution in [2.45, 2.75) is 0 Å². The van der Waals surface area contributed by atoms with E-state index in [9.17, 15) is 9.90 Å². The highest BCUT2D eigenvalue weighted by molar-refractivity contribution is 6.01. The minimum absolute atomic E-state index is 0.159. The van der Waals surface area contributed by atoms with Gasteiger partial charge in [-0.25, -0.2) is 4.79 Å². The molecule has 0 atom stereocenters. The van der Waals surface area contributed by atoms with Crippen LogP contribution in [0.5, 0.6) is 11.6 Å². The standard InChI is InChI=1S/C16H12N4O3/c1-20-13-6-10(3-2-9(13)8-18-20)23-14-7-12-15(19-14)11(16(21)22)4-5-17-12/h2-8,19H,1H3,(H,21,22). The molecule has 0 radical (unpaired) electrons. The number of fused-ring (bicyclic) bond motifs is 2. The number of H-pyrrole nitrogens is 1. The number of carbonyl (C=O) groups is 1. The zero-order valence-electron chi connectivity index (χ0n) is 12.1.